The van der Waals surface area contributed by atoms with Gasteiger partial charge >= 0.3 is 0 Å². The Bertz CT molecular complexity index is 1290. The Labute approximate surface area is 227 Å². The van der Waals surface area contributed by atoms with Crippen LogP contribution in [0.25, 0.3) is 0 Å². The summed E-state index contributed by atoms with van der Waals surface area (Å²) < 4.78 is 5.76. The number of carbonyl (C=O) groups excluding carboxylic acids is 2. The van der Waals surface area contributed by atoms with E-state index in [1.54, 1.807) is 5.38 Å². The summed E-state index contributed by atoms with van der Waals surface area (Å²) in [6, 6.07) is 28.9. The predicted octanol–water partition coefficient (Wildman–Crippen LogP) is 5.71. The van der Waals surface area contributed by atoms with Gasteiger partial charge in [0.25, 0.3) is 5.91 Å². The van der Waals surface area contributed by atoms with Crippen LogP contribution in [-0.2, 0) is 11.4 Å². The van der Waals surface area contributed by atoms with Gasteiger partial charge in [0.15, 0.2) is 0 Å². The number of aromatic nitrogens is 1. The monoisotopic (exact) mass is 525 g/mol. The fraction of sp³-hybridized carbons (Fsp3) is 0.258. The van der Waals surface area contributed by atoms with Gasteiger partial charge in [-0.25, -0.2) is 4.98 Å². The van der Waals surface area contributed by atoms with E-state index in [4.69, 9.17) is 4.74 Å². The van der Waals surface area contributed by atoms with E-state index in [-0.39, 0.29) is 23.9 Å². The maximum Gasteiger partial charge on any atom is 0.271 e. The smallest absolute Gasteiger partial charge is 0.271 e. The molecular formula is C31H31N3O3S. The summed E-state index contributed by atoms with van der Waals surface area (Å²) in [4.78, 5) is 31.2. The largest absolute Gasteiger partial charge is 0.486 e. The summed E-state index contributed by atoms with van der Waals surface area (Å²) in [6.07, 6.45) is 3.65. The van der Waals surface area contributed by atoms with Crippen molar-refractivity contribution in [2.75, 3.05) is 0 Å². The van der Waals surface area contributed by atoms with Crippen molar-refractivity contribution in [2.24, 2.45) is 0 Å². The quantitative estimate of drug-likeness (QED) is 0.293. The van der Waals surface area contributed by atoms with Gasteiger partial charge < -0.3 is 15.4 Å². The third-order valence-electron chi connectivity index (χ3n) is 6.83. The van der Waals surface area contributed by atoms with Crippen molar-refractivity contribution in [1.82, 2.24) is 15.6 Å². The lowest BCUT2D eigenvalue weighted by molar-refractivity contribution is -0.122. The normalized spacial score (nSPS) is 17.1. The molecule has 1 fully saturated rings. The first kappa shape index (κ1) is 25.7. The van der Waals surface area contributed by atoms with Crippen molar-refractivity contribution in [3.05, 3.63) is 118 Å². The van der Waals surface area contributed by atoms with Gasteiger partial charge in [0.2, 0.25) is 5.91 Å². The number of carbonyl (C=O) groups is 2. The molecule has 2 N–H and O–H groups in total. The van der Waals surface area contributed by atoms with Crippen molar-refractivity contribution >= 4 is 23.2 Å². The van der Waals surface area contributed by atoms with Crippen LogP contribution in [0, 0.1) is 0 Å². The first-order valence-corrected chi connectivity index (χ1v) is 13.9. The number of thiazole rings is 1. The predicted molar refractivity (Wildman–Crippen MR) is 149 cm³/mol. The van der Waals surface area contributed by atoms with Crippen LogP contribution in [0.4, 0.5) is 0 Å². The number of nitrogens with zero attached hydrogens (tertiary/aromatic N) is 1. The standard InChI is InChI=1S/C31H31N3O3S/c35-30(27-21-38-28(32-27)20-37-24-16-8-3-9-17-24)33-25-18-10-11-19-26(25)34-31(36)29(22-12-4-1-5-13-22)23-14-6-2-7-15-23/h1-9,12-17,21,25-26,29H,10-11,18-20H2,(H,33,35)(H,34,36)/t25-,26+/m0/s1. The van der Waals surface area contributed by atoms with Gasteiger partial charge in [-0.15, -0.1) is 11.3 Å². The zero-order valence-corrected chi connectivity index (χ0v) is 21.9. The van der Waals surface area contributed by atoms with Gasteiger partial charge in [0.05, 0.1) is 5.92 Å². The first-order chi connectivity index (χ1) is 18.7. The van der Waals surface area contributed by atoms with Crippen LogP contribution in [0.1, 0.15) is 58.2 Å². The van der Waals surface area contributed by atoms with E-state index in [0.29, 0.717) is 12.3 Å². The third-order valence-corrected chi connectivity index (χ3v) is 7.65. The molecule has 7 heteroatoms. The highest BCUT2D eigenvalue weighted by Crippen LogP contribution is 2.27. The van der Waals surface area contributed by atoms with Crippen molar-refractivity contribution in [2.45, 2.75) is 50.3 Å². The summed E-state index contributed by atoms with van der Waals surface area (Å²) >= 11 is 1.40. The van der Waals surface area contributed by atoms with E-state index >= 15 is 0 Å². The number of amides is 2. The molecule has 6 nitrogen and oxygen atoms in total. The molecular weight excluding hydrogens is 494 g/mol. The van der Waals surface area contributed by atoms with Gasteiger partial charge in [-0.05, 0) is 36.1 Å². The summed E-state index contributed by atoms with van der Waals surface area (Å²) in [5.41, 5.74) is 2.27. The highest BCUT2D eigenvalue weighted by molar-refractivity contribution is 7.09. The minimum absolute atomic E-state index is 0.0532. The molecule has 0 unspecified atom stereocenters. The fourth-order valence-electron chi connectivity index (χ4n) is 4.91. The van der Waals surface area contributed by atoms with E-state index in [2.05, 4.69) is 15.6 Å². The van der Waals surface area contributed by atoms with Gasteiger partial charge in [0.1, 0.15) is 23.1 Å². The van der Waals surface area contributed by atoms with Crippen LogP contribution in [0.15, 0.2) is 96.4 Å². The van der Waals surface area contributed by atoms with E-state index in [0.717, 1.165) is 47.6 Å². The molecule has 2 amide bonds. The molecule has 0 spiro atoms. The molecule has 4 aromatic rings. The molecule has 0 aliphatic heterocycles. The molecule has 1 heterocycles. The van der Waals surface area contributed by atoms with Crippen LogP contribution in [-0.4, -0.2) is 28.9 Å². The van der Waals surface area contributed by atoms with Gasteiger partial charge in [-0.3, -0.25) is 9.59 Å². The molecule has 0 saturated heterocycles. The SMILES string of the molecule is O=C(N[C@H]1CCCC[C@H]1NC(=O)C(c1ccccc1)c1ccccc1)c1csc(COc2ccccc2)n1. The molecule has 38 heavy (non-hydrogen) atoms. The van der Waals surface area contributed by atoms with Crippen LogP contribution < -0.4 is 15.4 Å². The highest BCUT2D eigenvalue weighted by Gasteiger charge is 2.31. The van der Waals surface area contributed by atoms with Crippen molar-refractivity contribution in [1.29, 1.82) is 0 Å². The highest BCUT2D eigenvalue weighted by atomic mass is 32.1. The molecule has 3 aromatic carbocycles. The maximum absolute atomic E-state index is 13.7. The molecule has 194 valence electrons. The second kappa shape index (κ2) is 12.5. The van der Waals surface area contributed by atoms with Crippen molar-refractivity contribution in [3.63, 3.8) is 0 Å². The average molecular weight is 526 g/mol. The van der Waals surface area contributed by atoms with E-state index in [9.17, 15) is 9.59 Å². The van der Waals surface area contributed by atoms with Crippen LogP contribution in [0.5, 0.6) is 5.75 Å². The minimum atomic E-state index is -0.415. The van der Waals surface area contributed by atoms with E-state index in [1.165, 1.54) is 11.3 Å². The number of rotatable bonds is 9. The topological polar surface area (TPSA) is 80.3 Å². The molecule has 1 aliphatic carbocycles. The number of nitrogens with one attached hydrogen (secondary N) is 2. The Morgan fingerprint density at radius 2 is 1.37 bits per heavy atom. The Kier molecular flexibility index (Phi) is 8.46. The Morgan fingerprint density at radius 1 is 0.816 bits per heavy atom. The van der Waals surface area contributed by atoms with Gasteiger partial charge in [-0.1, -0.05) is 91.7 Å². The van der Waals surface area contributed by atoms with E-state index in [1.807, 2.05) is 91.0 Å². The van der Waals surface area contributed by atoms with Crippen LogP contribution in [0.2, 0.25) is 0 Å². The molecule has 0 radical (unpaired) electrons. The molecule has 1 aliphatic rings. The second-order valence-corrected chi connectivity index (χ2v) is 10.4. The lowest BCUT2D eigenvalue weighted by atomic mass is 9.87. The van der Waals surface area contributed by atoms with Crippen LogP contribution in [0.3, 0.4) is 0 Å². The van der Waals surface area contributed by atoms with Gasteiger partial charge in [0, 0.05) is 17.5 Å². The zero-order chi connectivity index (χ0) is 26.2. The minimum Gasteiger partial charge on any atom is -0.486 e. The molecule has 1 aromatic heterocycles. The number of hydrogen-bond donors (Lipinski definition) is 2. The average Bonchev–Trinajstić information content (AvgIpc) is 3.44. The molecule has 2 atom stereocenters. The van der Waals surface area contributed by atoms with Crippen molar-refractivity contribution < 1.29 is 14.3 Å². The number of para-hydroxylation sites is 1. The summed E-state index contributed by atoms with van der Waals surface area (Å²) in [7, 11) is 0. The second-order valence-electron chi connectivity index (χ2n) is 9.46. The summed E-state index contributed by atoms with van der Waals surface area (Å²) in [6.45, 7) is 0.310. The molecule has 1 saturated carbocycles. The Balaban J connectivity index is 1.24. The molecule has 0 bridgehead atoms. The zero-order valence-electron chi connectivity index (χ0n) is 21.1. The Hall–Kier alpha value is -3.97. The maximum atomic E-state index is 13.7. The van der Waals surface area contributed by atoms with E-state index < -0.39 is 5.92 Å². The number of benzene rings is 3. The fourth-order valence-corrected chi connectivity index (χ4v) is 5.60. The third kappa shape index (κ3) is 6.47. The molecule has 5 rings (SSSR count). The van der Waals surface area contributed by atoms with Crippen LogP contribution >= 0.6 is 11.3 Å². The summed E-state index contributed by atoms with van der Waals surface area (Å²) in [5, 5.41) is 8.92. The number of hydrogen-bond acceptors (Lipinski definition) is 5. The van der Waals surface area contributed by atoms with Crippen molar-refractivity contribution in [3.8, 4) is 5.75 Å². The first-order valence-electron chi connectivity index (χ1n) is 13.0. The summed E-state index contributed by atoms with van der Waals surface area (Å²) in [5.74, 6) is 0.0729. The van der Waals surface area contributed by atoms with Gasteiger partial charge in [-0.2, -0.15) is 0 Å². The Morgan fingerprint density at radius 3 is 1.97 bits per heavy atom. The number of ether oxygens (including phenoxy) is 1. The lowest BCUT2D eigenvalue weighted by Gasteiger charge is -2.34. The lowest BCUT2D eigenvalue weighted by Crippen LogP contribution is -2.54.